The largest absolute Gasteiger partial charge is 0.373 e. The zero-order valence-corrected chi connectivity index (χ0v) is 9.38. The summed E-state index contributed by atoms with van der Waals surface area (Å²) in [6.45, 7) is 2.51. The van der Waals surface area contributed by atoms with Crippen LogP contribution in [0.2, 0.25) is 5.02 Å². The molecule has 2 rings (SSSR count). The fourth-order valence-electron chi connectivity index (χ4n) is 1.85. The molecule has 3 heteroatoms. The number of carbonyl (C=O) groups is 1. The van der Waals surface area contributed by atoms with Crippen molar-refractivity contribution in [3.05, 3.63) is 34.3 Å². The lowest BCUT2D eigenvalue weighted by Gasteiger charge is -2.22. The molecule has 1 aliphatic rings. The molecule has 1 aromatic carbocycles. The van der Waals surface area contributed by atoms with Crippen LogP contribution in [0.4, 0.5) is 0 Å². The van der Waals surface area contributed by atoms with Gasteiger partial charge in [0.25, 0.3) is 0 Å². The van der Waals surface area contributed by atoms with Crippen LogP contribution >= 0.6 is 11.6 Å². The number of hydrogen-bond donors (Lipinski definition) is 0. The minimum absolute atomic E-state index is 0.108. The lowest BCUT2D eigenvalue weighted by molar-refractivity contribution is -0.128. The zero-order valence-electron chi connectivity index (χ0n) is 8.63. The average Bonchev–Trinajstić information content (AvgIpc) is 2.16. The van der Waals surface area contributed by atoms with Gasteiger partial charge in [0.05, 0.1) is 12.7 Å². The fraction of sp³-hybridized carbons (Fsp3) is 0.417. The van der Waals surface area contributed by atoms with E-state index in [4.69, 9.17) is 16.3 Å². The third kappa shape index (κ3) is 2.58. The van der Waals surface area contributed by atoms with Gasteiger partial charge in [-0.05, 0) is 30.2 Å². The zero-order chi connectivity index (χ0) is 10.8. The minimum Gasteiger partial charge on any atom is -0.373 e. The van der Waals surface area contributed by atoms with E-state index in [1.54, 1.807) is 0 Å². The second kappa shape index (κ2) is 4.33. The maximum absolute atomic E-state index is 11.3. The molecule has 0 aliphatic carbocycles. The van der Waals surface area contributed by atoms with Crippen molar-refractivity contribution in [1.29, 1.82) is 0 Å². The highest BCUT2D eigenvalue weighted by atomic mass is 35.5. The van der Waals surface area contributed by atoms with E-state index >= 15 is 0 Å². The number of benzene rings is 1. The maximum atomic E-state index is 11.3. The van der Waals surface area contributed by atoms with Crippen LogP contribution in [-0.2, 0) is 9.53 Å². The Bertz CT molecular complexity index is 367. The quantitative estimate of drug-likeness (QED) is 0.733. The van der Waals surface area contributed by atoms with Crippen LogP contribution < -0.4 is 0 Å². The summed E-state index contributed by atoms with van der Waals surface area (Å²) in [5.74, 6) is 0.267. The van der Waals surface area contributed by atoms with Gasteiger partial charge in [-0.1, -0.05) is 17.7 Å². The van der Waals surface area contributed by atoms with Gasteiger partial charge in [-0.2, -0.15) is 0 Å². The van der Waals surface area contributed by atoms with Crippen molar-refractivity contribution in [2.24, 2.45) is 0 Å². The average molecular weight is 225 g/mol. The summed E-state index contributed by atoms with van der Waals surface area (Å²) in [5.41, 5.74) is 2.10. The van der Waals surface area contributed by atoms with Gasteiger partial charge in [-0.15, -0.1) is 0 Å². The number of ketones is 1. The van der Waals surface area contributed by atoms with E-state index in [9.17, 15) is 4.79 Å². The monoisotopic (exact) mass is 224 g/mol. The van der Waals surface area contributed by atoms with Crippen molar-refractivity contribution in [3.8, 4) is 0 Å². The van der Waals surface area contributed by atoms with Gasteiger partial charge >= 0.3 is 0 Å². The molecular weight excluding hydrogens is 212 g/mol. The summed E-state index contributed by atoms with van der Waals surface area (Å²) >= 11 is 5.97. The van der Waals surface area contributed by atoms with E-state index in [1.807, 2.05) is 25.1 Å². The Morgan fingerprint density at radius 3 is 2.87 bits per heavy atom. The number of hydrogen-bond acceptors (Lipinski definition) is 2. The SMILES string of the molecule is Cc1cc(Cl)cc(C2CC(=O)CCO2)c1. The highest BCUT2D eigenvalue weighted by molar-refractivity contribution is 6.30. The topological polar surface area (TPSA) is 26.3 Å². The number of rotatable bonds is 1. The molecule has 1 unspecified atom stereocenters. The first-order valence-electron chi connectivity index (χ1n) is 5.05. The Hall–Kier alpha value is -0.860. The first-order chi connectivity index (χ1) is 7.15. The van der Waals surface area contributed by atoms with Crippen molar-refractivity contribution in [2.45, 2.75) is 25.9 Å². The highest BCUT2D eigenvalue weighted by Crippen LogP contribution is 2.28. The minimum atomic E-state index is -0.108. The number of halogens is 1. The predicted octanol–water partition coefficient (Wildman–Crippen LogP) is 3.07. The third-order valence-corrected chi connectivity index (χ3v) is 2.77. The highest BCUT2D eigenvalue weighted by Gasteiger charge is 2.21. The molecule has 1 saturated heterocycles. The molecule has 0 saturated carbocycles. The van der Waals surface area contributed by atoms with E-state index in [0.29, 0.717) is 24.5 Å². The number of carbonyl (C=O) groups excluding carboxylic acids is 1. The first kappa shape index (κ1) is 10.7. The summed E-state index contributed by atoms with van der Waals surface area (Å²) < 4.78 is 5.56. The molecular formula is C12H13ClO2. The fourth-order valence-corrected chi connectivity index (χ4v) is 2.15. The van der Waals surface area contributed by atoms with Crippen molar-refractivity contribution in [1.82, 2.24) is 0 Å². The normalized spacial score (nSPS) is 21.7. The van der Waals surface area contributed by atoms with Crippen molar-refractivity contribution >= 4 is 17.4 Å². The molecule has 0 radical (unpaired) electrons. The van der Waals surface area contributed by atoms with Crippen LogP contribution in [0.1, 0.15) is 30.1 Å². The van der Waals surface area contributed by atoms with Crippen molar-refractivity contribution in [3.63, 3.8) is 0 Å². The third-order valence-electron chi connectivity index (χ3n) is 2.55. The van der Waals surface area contributed by atoms with Gasteiger partial charge in [0.1, 0.15) is 5.78 Å². The second-order valence-electron chi connectivity index (χ2n) is 3.91. The van der Waals surface area contributed by atoms with Gasteiger partial charge in [0.15, 0.2) is 0 Å². The molecule has 1 aromatic rings. The molecule has 15 heavy (non-hydrogen) atoms. The Balaban J connectivity index is 2.24. The van der Waals surface area contributed by atoms with Crippen molar-refractivity contribution < 1.29 is 9.53 Å². The molecule has 1 heterocycles. The molecule has 0 amide bonds. The summed E-state index contributed by atoms with van der Waals surface area (Å²) in [4.78, 5) is 11.3. The standard InChI is InChI=1S/C12H13ClO2/c1-8-4-9(6-10(13)5-8)12-7-11(14)2-3-15-12/h4-6,12H,2-3,7H2,1H3. The van der Waals surface area contributed by atoms with Gasteiger partial charge in [0.2, 0.25) is 0 Å². The van der Waals surface area contributed by atoms with Gasteiger partial charge < -0.3 is 4.74 Å². The second-order valence-corrected chi connectivity index (χ2v) is 4.35. The molecule has 80 valence electrons. The van der Waals surface area contributed by atoms with E-state index in [2.05, 4.69) is 0 Å². The molecule has 1 fully saturated rings. The molecule has 1 aliphatic heterocycles. The van der Waals surface area contributed by atoms with E-state index in [1.165, 1.54) is 0 Å². The molecule has 0 aromatic heterocycles. The summed E-state index contributed by atoms with van der Waals surface area (Å²) in [6, 6.07) is 5.79. The summed E-state index contributed by atoms with van der Waals surface area (Å²) in [5, 5.41) is 0.701. The summed E-state index contributed by atoms with van der Waals surface area (Å²) in [6.07, 6.45) is 0.902. The van der Waals surface area contributed by atoms with Crippen LogP contribution in [0.25, 0.3) is 0 Å². The van der Waals surface area contributed by atoms with E-state index in [-0.39, 0.29) is 11.9 Å². The lowest BCUT2D eigenvalue weighted by Crippen LogP contribution is -2.19. The maximum Gasteiger partial charge on any atom is 0.138 e. The number of aryl methyl sites for hydroxylation is 1. The molecule has 0 bridgehead atoms. The number of Topliss-reactive ketones (excluding diaryl/α,β-unsaturated/α-hetero) is 1. The number of ether oxygens (including phenoxy) is 1. The Labute approximate surface area is 94.2 Å². The molecule has 0 spiro atoms. The van der Waals surface area contributed by atoms with Crippen molar-refractivity contribution in [2.75, 3.05) is 6.61 Å². The van der Waals surface area contributed by atoms with Crippen LogP contribution in [0.15, 0.2) is 18.2 Å². The van der Waals surface area contributed by atoms with Gasteiger partial charge in [-0.25, -0.2) is 0 Å². The van der Waals surface area contributed by atoms with Crippen LogP contribution in [0.3, 0.4) is 0 Å². The van der Waals surface area contributed by atoms with Gasteiger partial charge in [-0.3, -0.25) is 4.79 Å². The lowest BCUT2D eigenvalue weighted by atomic mass is 9.99. The first-order valence-corrected chi connectivity index (χ1v) is 5.43. The molecule has 2 nitrogen and oxygen atoms in total. The van der Waals surface area contributed by atoms with E-state index < -0.39 is 0 Å². The Kier molecular flexibility index (Phi) is 3.08. The molecule has 1 atom stereocenters. The van der Waals surface area contributed by atoms with Gasteiger partial charge in [0, 0.05) is 17.9 Å². The smallest absolute Gasteiger partial charge is 0.138 e. The predicted molar refractivity (Wildman–Crippen MR) is 59.1 cm³/mol. The van der Waals surface area contributed by atoms with E-state index in [0.717, 1.165) is 11.1 Å². The Morgan fingerprint density at radius 2 is 2.20 bits per heavy atom. The summed E-state index contributed by atoms with van der Waals surface area (Å²) in [7, 11) is 0. The van der Waals surface area contributed by atoms with Crippen LogP contribution in [0, 0.1) is 6.92 Å². The molecule has 0 N–H and O–H groups in total. The van der Waals surface area contributed by atoms with Crippen LogP contribution in [0.5, 0.6) is 0 Å². The Morgan fingerprint density at radius 1 is 1.40 bits per heavy atom. The van der Waals surface area contributed by atoms with Crippen LogP contribution in [-0.4, -0.2) is 12.4 Å².